The Bertz CT molecular complexity index is 809. The van der Waals surface area contributed by atoms with Gasteiger partial charge in [-0.25, -0.2) is 0 Å². The first-order valence-electron chi connectivity index (χ1n) is 9.89. The number of hydrogen-bond donors (Lipinski definition) is 0. The first-order valence-corrected chi connectivity index (χ1v) is 9.89. The van der Waals surface area contributed by atoms with Gasteiger partial charge in [-0.3, -0.25) is 4.65 Å². The third kappa shape index (κ3) is 4.14. The van der Waals surface area contributed by atoms with Crippen molar-refractivity contribution in [3.05, 3.63) is 78.0 Å². The van der Waals surface area contributed by atoms with Crippen LogP contribution >= 0.6 is 0 Å². The van der Waals surface area contributed by atoms with Gasteiger partial charge in [0.15, 0.2) is 0 Å². The molecular formula is C24H29NO. The number of nitrogens with zero attached hydrogens (tertiary/aromatic N) is 1. The lowest BCUT2D eigenvalue weighted by atomic mass is 10.1. The second-order valence-corrected chi connectivity index (χ2v) is 7.06. The second-order valence-electron chi connectivity index (χ2n) is 7.06. The molecule has 3 aromatic carbocycles. The summed E-state index contributed by atoms with van der Waals surface area (Å²) in [6.07, 6.45) is 7.11. The molecule has 0 saturated heterocycles. The minimum Gasteiger partial charge on any atom is -0.622 e. The Kier molecular flexibility index (Phi) is 6.43. The Morgan fingerprint density at radius 3 is 2.15 bits per heavy atom. The van der Waals surface area contributed by atoms with Gasteiger partial charge in [-0.1, -0.05) is 81.1 Å². The Morgan fingerprint density at radius 2 is 1.35 bits per heavy atom. The third-order valence-corrected chi connectivity index (χ3v) is 5.16. The molecule has 0 aliphatic carbocycles. The van der Waals surface area contributed by atoms with Gasteiger partial charge in [0, 0.05) is 11.5 Å². The Labute approximate surface area is 157 Å². The van der Waals surface area contributed by atoms with Crippen molar-refractivity contribution in [2.24, 2.45) is 0 Å². The number of benzene rings is 3. The molecule has 0 spiro atoms. The molecule has 2 nitrogen and oxygen atoms in total. The van der Waals surface area contributed by atoms with Gasteiger partial charge in [0.25, 0.3) is 0 Å². The highest BCUT2D eigenvalue weighted by atomic mass is 16.5. The molecule has 0 fully saturated rings. The maximum Gasteiger partial charge on any atom is 0.145 e. The highest BCUT2D eigenvalue weighted by Crippen LogP contribution is 2.38. The summed E-state index contributed by atoms with van der Waals surface area (Å²) < 4.78 is -0.379. The van der Waals surface area contributed by atoms with Crippen molar-refractivity contribution in [1.29, 1.82) is 0 Å². The highest BCUT2D eigenvalue weighted by Gasteiger charge is 2.25. The molecule has 136 valence electrons. The first kappa shape index (κ1) is 18.6. The van der Waals surface area contributed by atoms with Crippen LogP contribution in [0.1, 0.15) is 45.4 Å². The van der Waals surface area contributed by atoms with Crippen molar-refractivity contribution in [3.63, 3.8) is 0 Å². The maximum atomic E-state index is 14.1. The maximum absolute atomic E-state index is 14.1. The van der Waals surface area contributed by atoms with E-state index in [2.05, 4.69) is 25.1 Å². The van der Waals surface area contributed by atoms with Crippen LogP contribution in [0.4, 0.5) is 11.4 Å². The second kappa shape index (κ2) is 8.98. The number of fused-ring (bicyclic) bond motifs is 1. The quantitative estimate of drug-likeness (QED) is 0.226. The molecule has 1 unspecified atom stereocenters. The molecule has 0 N–H and O–H groups in total. The summed E-state index contributed by atoms with van der Waals surface area (Å²) in [5.74, 6) is 0. The van der Waals surface area contributed by atoms with Crippen molar-refractivity contribution in [2.75, 3.05) is 6.54 Å². The number of hydrogen-bond acceptors (Lipinski definition) is 1. The molecule has 26 heavy (non-hydrogen) atoms. The van der Waals surface area contributed by atoms with Crippen LogP contribution in [-0.2, 0) is 0 Å². The predicted molar refractivity (Wildman–Crippen MR) is 113 cm³/mol. The number of rotatable bonds is 9. The van der Waals surface area contributed by atoms with E-state index in [1.54, 1.807) is 0 Å². The Balaban J connectivity index is 1.91. The lowest BCUT2D eigenvalue weighted by molar-refractivity contribution is 0.470. The van der Waals surface area contributed by atoms with Gasteiger partial charge in [0.1, 0.15) is 11.4 Å². The molecule has 0 aromatic heterocycles. The van der Waals surface area contributed by atoms with E-state index in [9.17, 15) is 5.21 Å². The van der Waals surface area contributed by atoms with Gasteiger partial charge < -0.3 is 5.21 Å². The third-order valence-electron chi connectivity index (χ3n) is 5.16. The van der Waals surface area contributed by atoms with Crippen LogP contribution in [0.5, 0.6) is 0 Å². The molecule has 0 aliphatic rings. The van der Waals surface area contributed by atoms with Crippen LogP contribution in [0.15, 0.2) is 72.8 Å². The van der Waals surface area contributed by atoms with Gasteiger partial charge in [0.05, 0.1) is 6.54 Å². The fourth-order valence-electron chi connectivity index (χ4n) is 3.70. The summed E-state index contributed by atoms with van der Waals surface area (Å²) in [6, 6.07) is 24.1. The van der Waals surface area contributed by atoms with Crippen LogP contribution < -0.4 is 4.65 Å². The van der Waals surface area contributed by atoms with Crippen LogP contribution in [0.2, 0.25) is 0 Å². The molecule has 0 aliphatic heterocycles. The topological polar surface area (TPSA) is 23.1 Å². The number of unbranched alkanes of at least 4 members (excludes halogenated alkanes) is 5. The minimum atomic E-state index is -0.379. The van der Waals surface area contributed by atoms with Gasteiger partial charge >= 0.3 is 0 Å². The SMILES string of the molecule is CCCCCCCC[N+]([O-])(c1ccccc1)c1cccc2ccccc12. The van der Waals surface area contributed by atoms with Crippen LogP contribution in [0.25, 0.3) is 10.8 Å². The zero-order valence-electron chi connectivity index (χ0n) is 15.7. The van der Waals surface area contributed by atoms with E-state index in [-0.39, 0.29) is 4.65 Å². The molecule has 2 heteroatoms. The summed E-state index contributed by atoms with van der Waals surface area (Å²) >= 11 is 0. The van der Waals surface area contributed by atoms with Gasteiger partial charge in [-0.15, -0.1) is 0 Å². The Hall–Kier alpha value is -2.16. The fraction of sp³-hybridized carbons (Fsp3) is 0.333. The number of quaternary nitrogens is 1. The largest absolute Gasteiger partial charge is 0.622 e. The van der Waals surface area contributed by atoms with Gasteiger partial charge in [0.2, 0.25) is 0 Å². The average Bonchev–Trinajstić information content (AvgIpc) is 2.70. The minimum absolute atomic E-state index is 0.379. The summed E-state index contributed by atoms with van der Waals surface area (Å²) in [5, 5.41) is 16.3. The van der Waals surface area contributed by atoms with Crippen LogP contribution in [0.3, 0.4) is 0 Å². The van der Waals surface area contributed by atoms with Crippen molar-refractivity contribution < 1.29 is 0 Å². The van der Waals surface area contributed by atoms with Crippen molar-refractivity contribution in [3.8, 4) is 0 Å². The molecule has 0 saturated carbocycles. The molecule has 0 heterocycles. The molecular weight excluding hydrogens is 318 g/mol. The smallest absolute Gasteiger partial charge is 0.145 e. The van der Waals surface area contributed by atoms with Gasteiger partial charge in [-0.05, 0) is 36.4 Å². The number of hydroxylamine groups is 1. The van der Waals surface area contributed by atoms with E-state index in [1.165, 1.54) is 25.7 Å². The molecule has 3 aromatic rings. The lowest BCUT2D eigenvalue weighted by Crippen LogP contribution is -2.38. The van der Waals surface area contributed by atoms with E-state index >= 15 is 0 Å². The molecule has 1 atom stereocenters. The monoisotopic (exact) mass is 347 g/mol. The van der Waals surface area contributed by atoms with Crippen molar-refractivity contribution in [1.82, 2.24) is 4.65 Å². The van der Waals surface area contributed by atoms with E-state index in [0.29, 0.717) is 6.54 Å². The highest BCUT2D eigenvalue weighted by molar-refractivity contribution is 5.94. The van der Waals surface area contributed by atoms with E-state index in [1.807, 2.05) is 54.6 Å². The Morgan fingerprint density at radius 1 is 0.692 bits per heavy atom. The normalized spacial score (nSPS) is 13.6. The van der Waals surface area contributed by atoms with E-state index < -0.39 is 0 Å². The van der Waals surface area contributed by atoms with Gasteiger partial charge in [-0.2, -0.15) is 0 Å². The standard InChI is InChI=1S/C24H29NO/c1-2-3-4-5-6-12-20-25(26,22-16-8-7-9-17-22)24-19-13-15-21-14-10-11-18-23(21)24/h7-11,13-19H,2-6,12,20H2,1H3. The summed E-state index contributed by atoms with van der Waals surface area (Å²) in [7, 11) is 0. The lowest BCUT2D eigenvalue weighted by Gasteiger charge is -2.42. The van der Waals surface area contributed by atoms with Crippen molar-refractivity contribution >= 4 is 22.1 Å². The zero-order chi connectivity index (χ0) is 18.2. The number of para-hydroxylation sites is 1. The summed E-state index contributed by atoms with van der Waals surface area (Å²) in [4.78, 5) is 0. The van der Waals surface area contributed by atoms with Crippen LogP contribution in [-0.4, -0.2) is 6.54 Å². The zero-order valence-corrected chi connectivity index (χ0v) is 15.7. The van der Waals surface area contributed by atoms with Crippen molar-refractivity contribution in [2.45, 2.75) is 45.4 Å². The van der Waals surface area contributed by atoms with E-state index in [0.717, 1.165) is 35.0 Å². The predicted octanol–water partition coefficient (Wildman–Crippen LogP) is 7.34. The average molecular weight is 348 g/mol. The fourth-order valence-corrected chi connectivity index (χ4v) is 3.70. The molecule has 3 rings (SSSR count). The molecule has 0 radical (unpaired) electrons. The molecule has 0 amide bonds. The van der Waals surface area contributed by atoms with E-state index in [4.69, 9.17) is 0 Å². The summed E-state index contributed by atoms with van der Waals surface area (Å²) in [5.41, 5.74) is 1.67. The van der Waals surface area contributed by atoms with Crippen LogP contribution in [0, 0.1) is 5.21 Å². The molecule has 0 bridgehead atoms. The summed E-state index contributed by atoms with van der Waals surface area (Å²) in [6.45, 7) is 2.82. The first-order chi connectivity index (χ1) is 12.8.